The second-order valence-corrected chi connectivity index (χ2v) is 6.54. The van der Waals surface area contributed by atoms with Gasteiger partial charge >= 0.3 is 0 Å². The van der Waals surface area contributed by atoms with E-state index >= 15 is 0 Å². The van der Waals surface area contributed by atoms with Gasteiger partial charge in [0.25, 0.3) is 0 Å². The predicted molar refractivity (Wildman–Crippen MR) is 109 cm³/mol. The minimum atomic E-state index is 0.293. The fraction of sp³-hybridized carbons (Fsp3) is 0.250. The quantitative estimate of drug-likeness (QED) is 0.378. The highest BCUT2D eigenvalue weighted by molar-refractivity contribution is 5.90. The Morgan fingerprint density at radius 2 is 1.35 bits per heavy atom. The zero-order valence-electron chi connectivity index (χ0n) is 15.3. The maximum absolute atomic E-state index is 10.1. The number of benzene rings is 3. The molecule has 2 aromatic rings. The number of phenols is 1. The lowest BCUT2D eigenvalue weighted by Gasteiger charge is -2.08. The van der Waals surface area contributed by atoms with Crippen molar-refractivity contribution < 1.29 is 9.84 Å². The molecule has 4 rings (SSSR count). The van der Waals surface area contributed by atoms with Crippen LogP contribution in [0.5, 0.6) is 11.5 Å². The summed E-state index contributed by atoms with van der Waals surface area (Å²) in [6.07, 6.45) is 4.76. The van der Waals surface area contributed by atoms with Crippen LogP contribution < -0.4 is 4.74 Å². The van der Waals surface area contributed by atoms with Crippen LogP contribution in [0.25, 0.3) is 22.3 Å². The molecule has 0 saturated carbocycles. The smallest absolute Gasteiger partial charge is 0.127 e. The molecule has 0 atom stereocenters. The molecule has 2 aliphatic rings. The first kappa shape index (κ1) is 18.1. The van der Waals surface area contributed by atoms with E-state index < -0.39 is 0 Å². The standard InChI is InChI=1S/C18H20O2.C6H6/c1-2-3-4-5-8-20-16-6-7-17(18(19)12-16)15-10-13-9-14(13)11-15;1-2-4-6-5-3-1/h6-7,9-12,19H,2-5,8H2,1H3;1-6H. The van der Waals surface area contributed by atoms with Crippen molar-refractivity contribution in [2.24, 2.45) is 0 Å². The molecule has 0 fully saturated rings. The Morgan fingerprint density at radius 1 is 0.731 bits per heavy atom. The number of unbranched alkanes of at least 4 members (excludes halogenated alkanes) is 3. The third-order valence-electron chi connectivity index (χ3n) is 4.40. The highest BCUT2D eigenvalue weighted by Gasteiger charge is 2.16. The van der Waals surface area contributed by atoms with Crippen LogP contribution in [-0.4, -0.2) is 11.7 Å². The van der Waals surface area contributed by atoms with Crippen molar-refractivity contribution >= 4 is 0 Å². The average Bonchev–Trinajstić information content (AvgIpc) is 3.29. The zero-order valence-corrected chi connectivity index (χ0v) is 15.3. The van der Waals surface area contributed by atoms with Crippen molar-refractivity contribution in [1.29, 1.82) is 0 Å². The van der Waals surface area contributed by atoms with Crippen molar-refractivity contribution in [3.8, 4) is 33.8 Å². The highest BCUT2D eigenvalue weighted by Crippen LogP contribution is 2.43. The van der Waals surface area contributed by atoms with Crippen molar-refractivity contribution in [3.63, 3.8) is 0 Å². The molecule has 2 aliphatic carbocycles. The van der Waals surface area contributed by atoms with E-state index in [9.17, 15) is 5.11 Å². The molecule has 26 heavy (non-hydrogen) atoms. The van der Waals surface area contributed by atoms with E-state index in [0.717, 1.165) is 29.9 Å². The molecule has 2 aromatic carbocycles. The van der Waals surface area contributed by atoms with Gasteiger partial charge in [-0.2, -0.15) is 0 Å². The molecule has 2 nitrogen and oxygen atoms in total. The van der Waals surface area contributed by atoms with E-state index in [4.69, 9.17) is 4.74 Å². The summed E-state index contributed by atoms with van der Waals surface area (Å²) in [6, 6.07) is 23.9. The monoisotopic (exact) mass is 346 g/mol. The average molecular weight is 346 g/mol. The summed E-state index contributed by atoms with van der Waals surface area (Å²) in [4.78, 5) is 0. The third kappa shape index (κ3) is 5.13. The van der Waals surface area contributed by atoms with Gasteiger partial charge in [-0.1, -0.05) is 62.6 Å². The zero-order chi connectivity index (χ0) is 18.2. The van der Waals surface area contributed by atoms with Crippen molar-refractivity contribution in [1.82, 2.24) is 0 Å². The summed E-state index contributed by atoms with van der Waals surface area (Å²) in [6.45, 7) is 2.92. The van der Waals surface area contributed by atoms with Gasteiger partial charge in [-0.05, 0) is 53.4 Å². The van der Waals surface area contributed by atoms with Crippen molar-refractivity contribution in [2.45, 2.75) is 32.6 Å². The molecule has 0 aromatic heterocycles. The third-order valence-corrected chi connectivity index (χ3v) is 4.40. The largest absolute Gasteiger partial charge is 0.507 e. The fourth-order valence-electron chi connectivity index (χ4n) is 2.86. The van der Waals surface area contributed by atoms with Gasteiger partial charge in [0.15, 0.2) is 0 Å². The Balaban J connectivity index is 0.000000278. The lowest BCUT2D eigenvalue weighted by Crippen LogP contribution is -1.97. The molecule has 0 heterocycles. The summed E-state index contributed by atoms with van der Waals surface area (Å²) in [5, 5.41) is 10.1. The number of hydrogen-bond acceptors (Lipinski definition) is 2. The SMILES string of the molecule is CCCCCCOc1ccc(-c2cc3cc-3c2)c(O)c1.c1ccccc1. The van der Waals surface area contributed by atoms with Crippen LogP contribution >= 0.6 is 0 Å². The molecular formula is C24H26O2. The molecule has 0 unspecified atom stereocenters. The number of phenolic OH excluding ortho intramolecular Hbond substituents is 1. The fourth-order valence-corrected chi connectivity index (χ4v) is 2.86. The van der Waals surface area contributed by atoms with E-state index in [1.54, 1.807) is 6.07 Å². The van der Waals surface area contributed by atoms with E-state index in [0.29, 0.717) is 5.75 Å². The molecule has 0 spiro atoms. The van der Waals surface area contributed by atoms with Crippen LogP contribution in [-0.2, 0) is 0 Å². The van der Waals surface area contributed by atoms with Gasteiger partial charge in [0.2, 0.25) is 0 Å². The Hall–Kier alpha value is -2.74. The molecule has 0 amide bonds. The molecule has 0 saturated heterocycles. The van der Waals surface area contributed by atoms with E-state index in [2.05, 4.69) is 25.1 Å². The normalized spacial score (nSPS) is 10.7. The van der Waals surface area contributed by atoms with Crippen molar-refractivity contribution in [2.75, 3.05) is 6.61 Å². The number of aromatic hydroxyl groups is 1. The van der Waals surface area contributed by atoms with Gasteiger partial charge in [-0.15, -0.1) is 0 Å². The van der Waals surface area contributed by atoms with Crippen LogP contribution in [0, 0.1) is 0 Å². The molecule has 0 bridgehead atoms. The number of hydrogen-bond donors (Lipinski definition) is 1. The maximum Gasteiger partial charge on any atom is 0.127 e. The lowest BCUT2D eigenvalue weighted by atomic mass is 10.1. The Morgan fingerprint density at radius 3 is 1.92 bits per heavy atom. The molecule has 1 N–H and O–H groups in total. The second kappa shape index (κ2) is 9.10. The number of rotatable bonds is 7. The molecular weight excluding hydrogens is 320 g/mol. The molecule has 2 heteroatoms. The van der Waals surface area contributed by atoms with Gasteiger partial charge in [0, 0.05) is 11.6 Å². The first-order valence-corrected chi connectivity index (χ1v) is 9.39. The maximum atomic E-state index is 10.1. The van der Waals surface area contributed by atoms with Crippen LogP contribution in [0.1, 0.15) is 32.6 Å². The summed E-state index contributed by atoms with van der Waals surface area (Å²) >= 11 is 0. The topological polar surface area (TPSA) is 29.5 Å². The van der Waals surface area contributed by atoms with Gasteiger partial charge in [-0.25, -0.2) is 0 Å². The summed E-state index contributed by atoms with van der Waals surface area (Å²) in [5.41, 5.74) is 4.54. The molecule has 0 radical (unpaired) electrons. The van der Waals surface area contributed by atoms with Crippen LogP contribution in [0.4, 0.5) is 0 Å². The number of fused-ring (bicyclic) bond motifs is 1. The van der Waals surface area contributed by atoms with Gasteiger partial charge < -0.3 is 9.84 Å². The summed E-state index contributed by atoms with van der Waals surface area (Å²) < 4.78 is 5.67. The van der Waals surface area contributed by atoms with E-state index in [-0.39, 0.29) is 0 Å². The van der Waals surface area contributed by atoms with Gasteiger partial charge in [0.05, 0.1) is 6.61 Å². The van der Waals surface area contributed by atoms with E-state index in [1.807, 2.05) is 48.5 Å². The predicted octanol–water partition coefficient (Wildman–Crippen LogP) is 6.69. The van der Waals surface area contributed by atoms with Crippen molar-refractivity contribution in [3.05, 3.63) is 72.8 Å². The summed E-state index contributed by atoms with van der Waals surface area (Å²) in [5.74, 6) is 1.04. The highest BCUT2D eigenvalue weighted by atomic mass is 16.5. The Bertz CT molecular complexity index is 778. The van der Waals surface area contributed by atoms with Gasteiger partial charge in [-0.3, -0.25) is 0 Å². The lowest BCUT2D eigenvalue weighted by molar-refractivity contribution is 0.303. The van der Waals surface area contributed by atoms with Crippen LogP contribution in [0.3, 0.4) is 0 Å². The molecule has 134 valence electrons. The first-order chi connectivity index (χ1) is 12.8. The Labute approximate surface area is 156 Å². The summed E-state index contributed by atoms with van der Waals surface area (Å²) in [7, 11) is 0. The first-order valence-electron chi connectivity index (χ1n) is 9.39. The minimum absolute atomic E-state index is 0.293. The van der Waals surface area contributed by atoms with Crippen LogP contribution in [0.2, 0.25) is 0 Å². The number of ether oxygens (including phenoxy) is 1. The molecule has 0 aliphatic heterocycles. The van der Waals surface area contributed by atoms with Crippen LogP contribution in [0.15, 0.2) is 72.8 Å². The minimum Gasteiger partial charge on any atom is -0.507 e. The second-order valence-electron chi connectivity index (χ2n) is 6.54. The van der Waals surface area contributed by atoms with Gasteiger partial charge in [0.1, 0.15) is 11.5 Å². The Kier molecular flexibility index (Phi) is 6.32. The van der Waals surface area contributed by atoms with E-state index in [1.165, 1.54) is 30.4 Å².